The van der Waals surface area contributed by atoms with E-state index in [0.717, 1.165) is 18.7 Å². The Morgan fingerprint density at radius 1 is 1.26 bits per heavy atom. The van der Waals surface area contributed by atoms with Gasteiger partial charge in [-0.1, -0.05) is 18.9 Å². The summed E-state index contributed by atoms with van der Waals surface area (Å²) in [7, 11) is 0. The van der Waals surface area contributed by atoms with Crippen molar-refractivity contribution < 1.29 is 9.47 Å². The second-order valence-electron chi connectivity index (χ2n) is 4.40. The van der Waals surface area contributed by atoms with Gasteiger partial charge in [0.1, 0.15) is 6.61 Å². The maximum atomic E-state index is 5.59. The van der Waals surface area contributed by atoms with E-state index in [1.165, 1.54) is 5.56 Å². The molecule has 1 unspecified atom stereocenters. The molecule has 1 aromatic rings. The molecule has 1 rings (SSSR count). The summed E-state index contributed by atoms with van der Waals surface area (Å²) in [5.74, 6) is 3.91. The number of terminal acetylenes is 1. The SMILES string of the molecule is C#CCOc1ccc(CNC(C)CC)cc1OCC. The Hall–Kier alpha value is -1.66. The van der Waals surface area contributed by atoms with Crippen molar-refractivity contribution in [3.8, 4) is 23.8 Å². The first-order valence-electron chi connectivity index (χ1n) is 6.76. The molecule has 0 fully saturated rings. The van der Waals surface area contributed by atoms with Crippen LogP contribution in [0.25, 0.3) is 0 Å². The Morgan fingerprint density at radius 2 is 2.05 bits per heavy atom. The predicted octanol–water partition coefficient (Wildman–Crippen LogP) is 2.99. The van der Waals surface area contributed by atoms with Crippen LogP contribution in [0.5, 0.6) is 11.5 Å². The molecule has 1 N–H and O–H groups in total. The first-order valence-corrected chi connectivity index (χ1v) is 6.76. The molecule has 0 aliphatic rings. The van der Waals surface area contributed by atoms with Gasteiger partial charge in [0.15, 0.2) is 11.5 Å². The minimum absolute atomic E-state index is 0.255. The van der Waals surface area contributed by atoms with Crippen molar-refractivity contribution >= 4 is 0 Å². The van der Waals surface area contributed by atoms with Gasteiger partial charge in [0.2, 0.25) is 0 Å². The van der Waals surface area contributed by atoms with Crippen molar-refractivity contribution in [3.05, 3.63) is 23.8 Å². The third-order valence-corrected chi connectivity index (χ3v) is 2.89. The van der Waals surface area contributed by atoms with E-state index in [1.807, 2.05) is 25.1 Å². The van der Waals surface area contributed by atoms with E-state index in [4.69, 9.17) is 15.9 Å². The normalized spacial score (nSPS) is 11.7. The maximum Gasteiger partial charge on any atom is 0.162 e. The summed E-state index contributed by atoms with van der Waals surface area (Å²) < 4.78 is 11.0. The topological polar surface area (TPSA) is 30.5 Å². The van der Waals surface area contributed by atoms with Crippen LogP contribution in [0.15, 0.2) is 18.2 Å². The van der Waals surface area contributed by atoms with Gasteiger partial charge in [-0.15, -0.1) is 6.42 Å². The van der Waals surface area contributed by atoms with E-state index < -0.39 is 0 Å². The Kier molecular flexibility index (Phi) is 6.84. The standard InChI is InChI=1S/C16H23NO2/c1-5-10-19-15-9-8-14(11-16(15)18-7-3)12-17-13(4)6-2/h1,8-9,11,13,17H,6-7,10,12H2,2-4H3. The van der Waals surface area contributed by atoms with Crippen LogP contribution in [0, 0.1) is 12.3 Å². The van der Waals surface area contributed by atoms with Gasteiger partial charge in [-0.2, -0.15) is 0 Å². The van der Waals surface area contributed by atoms with E-state index in [0.29, 0.717) is 18.4 Å². The molecular formula is C16H23NO2. The molecule has 0 spiro atoms. The molecule has 0 amide bonds. The van der Waals surface area contributed by atoms with Crippen LogP contribution in [-0.4, -0.2) is 19.3 Å². The van der Waals surface area contributed by atoms with Gasteiger partial charge in [-0.3, -0.25) is 0 Å². The van der Waals surface area contributed by atoms with Crippen LogP contribution in [-0.2, 0) is 6.54 Å². The van der Waals surface area contributed by atoms with Gasteiger partial charge in [-0.05, 0) is 38.0 Å². The van der Waals surface area contributed by atoms with E-state index >= 15 is 0 Å². The largest absolute Gasteiger partial charge is 0.490 e. The molecule has 0 bridgehead atoms. The molecule has 19 heavy (non-hydrogen) atoms. The van der Waals surface area contributed by atoms with Crippen LogP contribution in [0.1, 0.15) is 32.8 Å². The van der Waals surface area contributed by atoms with Gasteiger partial charge in [-0.25, -0.2) is 0 Å². The zero-order valence-corrected chi connectivity index (χ0v) is 12.0. The lowest BCUT2D eigenvalue weighted by atomic mass is 10.1. The zero-order valence-electron chi connectivity index (χ0n) is 12.0. The number of hydrogen-bond donors (Lipinski definition) is 1. The predicted molar refractivity (Wildman–Crippen MR) is 78.5 cm³/mol. The fourth-order valence-electron chi connectivity index (χ4n) is 1.61. The van der Waals surface area contributed by atoms with E-state index in [-0.39, 0.29) is 6.61 Å². The van der Waals surface area contributed by atoms with Crippen molar-refractivity contribution in [2.45, 2.75) is 39.8 Å². The highest BCUT2D eigenvalue weighted by molar-refractivity contribution is 5.43. The van der Waals surface area contributed by atoms with E-state index in [2.05, 4.69) is 25.1 Å². The fraction of sp³-hybridized carbons (Fsp3) is 0.500. The molecule has 1 atom stereocenters. The Bertz CT molecular complexity index is 423. The monoisotopic (exact) mass is 261 g/mol. The minimum atomic E-state index is 0.255. The van der Waals surface area contributed by atoms with Crippen molar-refractivity contribution in [2.75, 3.05) is 13.2 Å². The molecule has 3 heteroatoms. The molecule has 0 heterocycles. The third kappa shape index (κ3) is 5.23. The van der Waals surface area contributed by atoms with Gasteiger partial charge in [0.05, 0.1) is 6.61 Å². The average molecular weight is 261 g/mol. The molecule has 0 aliphatic heterocycles. The van der Waals surface area contributed by atoms with Crippen LogP contribution < -0.4 is 14.8 Å². The third-order valence-electron chi connectivity index (χ3n) is 2.89. The molecule has 104 valence electrons. The highest BCUT2D eigenvalue weighted by Gasteiger charge is 2.07. The maximum absolute atomic E-state index is 5.59. The molecule has 0 saturated heterocycles. The highest BCUT2D eigenvalue weighted by Crippen LogP contribution is 2.28. The van der Waals surface area contributed by atoms with Crippen molar-refractivity contribution in [1.29, 1.82) is 0 Å². The Labute approximate surface area is 116 Å². The zero-order chi connectivity index (χ0) is 14.1. The van der Waals surface area contributed by atoms with Crippen LogP contribution in [0.2, 0.25) is 0 Å². The Balaban J connectivity index is 2.74. The number of ether oxygens (including phenoxy) is 2. The van der Waals surface area contributed by atoms with Gasteiger partial charge in [0, 0.05) is 12.6 Å². The molecule has 0 aromatic heterocycles. The second-order valence-corrected chi connectivity index (χ2v) is 4.40. The van der Waals surface area contributed by atoms with Gasteiger partial charge >= 0.3 is 0 Å². The van der Waals surface area contributed by atoms with Gasteiger partial charge in [0.25, 0.3) is 0 Å². The highest BCUT2D eigenvalue weighted by atomic mass is 16.5. The van der Waals surface area contributed by atoms with E-state index in [1.54, 1.807) is 0 Å². The first kappa shape index (κ1) is 15.4. The molecule has 0 radical (unpaired) electrons. The number of benzene rings is 1. The fourth-order valence-corrected chi connectivity index (χ4v) is 1.61. The first-order chi connectivity index (χ1) is 9.21. The molecule has 3 nitrogen and oxygen atoms in total. The Morgan fingerprint density at radius 3 is 2.68 bits per heavy atom. The lowest BCUT2D eigenvalue weighted by Crippen LogP contribution is -2.24. The lowest BCUT2D eigenvalue weighted by molar-refractivity contribution is 0.299. The summed E-state index contributed by atoms with van der Waals surface area (Å²) in [4.78, 5) is 0. The molecule has 0 saturated carbocycles. The summed E-state index contributed by atoms with van der Waals surface area (Å²) in [5, 5.41) is 3.45. The molecule has 1 aromatic carbocycles. The average Bonchev–Trinajstić information content (AvgIpc) is 2.44. The van der Waals surface area contributed by atoms with Crippen LogP contribution in [0.4, 0.5) is 0 Å². The number of rotatable bonds is 8. The minimum Gasteiger partial charge on any atom is -0.490 e. The lowest BCUT2D eigenvalue weighted by Gasteiger charge is -2.14. The molecular weight excluding hydrogens is 238 g/mol. The van der Waals surface area contributed by atoms with Crippen molar-refractivity contribution in [1.82, 2.24) is 5.32 Å². The second kappa shape index (κ2) is 8.44. The summed E-state index contributed by atoms with van der Waals surface area (Å²) in [5.41, 5.74) is 1.18. The van der Waals surface area contributed by atoms with Crippen molar-refractivity contribution in [2.24, 2.45) is 0 Å². The summed E-state index contributed by atoms with van der Waals surface area (Å²) >= 11 is 0. The van der Waals surface area contributed by atoms with E-state index in [9.17, 15) is 0 Å². The summed E-state index contributed by atoms with van der Waals surface area (Å²) in [6, 6.07) is 6.46. The van der Waals surface area contributed by atoms with Crippen LogP contribution in [0.3, 0.4) is 0 Å². The van der Waals surface area contributed by atoms with Crippen LogP contribution >= 0.6 is 0 Å². The van der Waals surface area contributed by atoms with Crippen molar-refractivity contribution in [3.63, 3.8) is 0 Å². The quantitative estimate of drug-likeness (QED) is 0.730. The summed E-state index contributed by atoms with van der Waals surface area (Å²) in [6.45, 7) is 7.98. The van der Waals surface area contributed by atoms with Gasteiger partial charge < -0.3 is 14.8 Å². The molecule has 0 aliphatic carbocycles. The number of nitrogens with one attached hydrogen (secondary N) is 1. The smallest absolute Gasteiger partial charge is 0.162 e. The summed E-state index contributed by atoms with van der Waals surface area (Å²) in [6.07, 6.45) is 6.31. The number of hydrogen-bond acceptors (Lipinski definition) is 3.